The molecule has 0 aliphatic carbocycles. The summed E-state index contributed by atoms with van der Waals surface area (Å²) in [5.74, 6) is -0.211. The maximum atomic E-state index is 12.7. The Balaban J connectivity index is 1.97. The minimum atomic E-state index is -3.51. The van der Waals surface area contributed by atoms with Gasteiger partial charge in [-0.2, -0.15) is 4.31 Å². The van der Waals surface area contributed by atoms with Crippen molar-refractivity contribution in [2.45, 2.75) is 23.1 Å². The van der Waals surface area contributed by atoms with Crippen LogP contribution in [0.3, 0.4) is 0 Å². The van der Waals surface area contributed by atoms with E-state index < -0.39 is 10.0 Å². The zero-order chi connectivity index (χ0) is 13.6. The highest BCUT2D eigenvalue weighted by Gasteiger charge is 2.46. The van der Waals surface area contributed by atoms with E-state index in [1.165, 1.54) is 15.6 Å². The summed E-state index contributed by atoms with van der Waals surface area (Å²) in [6.07, 6.45) is 1.50. The number of sulfonamides is 1. The molecule has 1 amide bonds. The van der Waals surface area contributed by atoms with Crippen LogP contribution in [0.5, 0.6) is 0 Å². The SMILES string of the molecule is O=C1NCC2C1CCCN2S(=O)(=O)c1sccc1Br. The Morgan fingerprint density at radius 1 is 1.47 bits per heavy atom. The second kappa shape index (κ2) is 4.83. The fourth-order valence-electron chi connectivity index (χ4n) is 2.78. The molecular formula is C11H13BrN2O3S2. The summed E-state index contributed by atoms with van der Waals surface area (Å²) in [6, 6.07) is 1.50. The summed E-state index contributed by atoms with van der Waals surface area (Å²) >= 11 is 4.48. The maximum Gasteiger partial charge on any atom is 0.254 e. The van der Waals surface area contributed by atoms with Crippen LogP contribution < -0.4 is 5.32 Å². The molecule has 0 radical (unpaired) electrons. The van der Waals surface area contributed by atoms with Gasteiger partial charge in [-0.1, -0.05) is 0 Å². The second-order valence-electron chi connectivity index (χ2n) is 4.73. The van der Waals surface area contributed by atoms with Gasteiger partial charge in [0.2, 0.25) is 5.91 Å². The molecule has 1 N–H and O–H groups in total. The lowest BCUT2D eigenvalue weighted by Crippen LogP contribution is -2.48. The molecule has 3 rings (SSSR count). The number of carbonyl (C=O) groups is 1. The highest BCUT2D eigenvalue weighted by molar-refractivity contribution is 9.10. The Labute approximate surface area is 124 Å². The van der Waals surface area contributed by atoms with Crippen molar-refractivity contribution in [3.05, 3.63) is 15.9 Å². The van der Waals surface area contributed by atoms with Gasteiger partial charge in [0.15, 0.2) is 0 Å². The van der Waals surface area contributed by atoms with E-state index in [0.29, 0.717) is 21.8 Å². The third kappa shape index (κ3) is 2.14. The summed E-state index contributed by atoms with van der Waals surface area (Å²) in [4.78, 5) is 11.7. The Morgan fingerprint density at radius 2 is 2.26 bits per heavy atom. The molecule has 2 saturated heterocycles. The Kier molecular flexibility index (Phi) is 3.45. The second-order valence-corrected chi connectivity index (χ2v) is 8.59. The number of fused-ring (bicyclic) bond motifs is 1. The van der Waals surface area contributed by atoms with E-state index in [-0.39, 0.29) is 17.9 Å². The van der Waals surface area contributed by atoms with E-state index in [0.717, 1.165) is 12.8 Å². The molecule has 2 fully saturated rings. The van der Waals surface area contributed by atoms with Crippen molar-refractivity contribution >= 4 is 43.2 Å². The normalized spacial score (nSPS) is 28.2. The number of hydrogen-bond acceptors (Lipinski definition) is 4. The maximum absolute atomic E-state index is 12.7. The van der Waals surface area contributed by atoms with Crippen LogP contribution in [-0.4, -0.2) is 37.8 Å². The van der Waals surface area contributed by atoms with Crippen LogP contribution in [0, 0.1) is 5.92 Å². The van der Waals surface area contributed by atoms with Gasteiger partial charge >= 0.3 is 0 Å². The number of hydrogen-bond donors (Lipinski definition) is 1. The lowest BCUT2D eigenvalue weighted by Gasteiger charge is -2.34. The van der Waals surface area contributed by atoms with Crippen LogP contribution in [0.4, 0.5) is 0 Å². The van der Waals surface area contributed by atoms with Gasteiger partial charge in [0.05, 0.1) is 12.0 Å². The molecule has 1 aromatic heterocycles. The highest BCUT2D eigenvalue weighted by Crippen LogP contribution is 2.36. The molecule has 0 aromatic carbocycles. The minimum absolute atomic E-state index is 0.0184. The predicted molar refractivity (Wildman–Crippen MR) is 75.4 cm³/mol. The lowest BCUT2D eigenvalue weighted by molar-refractivity contribution is -0.123. The predicted octanol–water partition coefficient (Wildman–Crippen LogP) is 1.41. The van der Waals surface area contributed by atoms with Crippen molar-refractivity contribution in [2.75, 3.05) is 13.1 Å². The van der Waals surface area contributed by atoms with Crippen LogP contribution in [0.25, 0.3) is 0 Å². The molecule has 0 spiro atoms. The number of carbonyl (C=O) groups excluding carboxylic acids is 1. The first-order valence-corrected chi connectivity index (χ1v) is 9.15. The molecule has 2 aliphatic rings. The van der Waals surface area contributed by atoms with Crippen LogP contribution in [0.15, 0.2) is 20.1 Å². The molecule has 19 heavy (non-hydrogen) atoms. The van der Waals surface area contributed by atoms with E-state index in [9.17, 15) is 13.2 Å². The Morgan fingerprint density at radius 3 is 2.95 bits per heavy atom. The standard InChI is InChI=1S/C11H13BrN2O3S2/c12-8-3-5-18-11(8)19(16,17)14-4-1-2-7-9(14)6-13-10(7)15/h3,5,7,9H,1-2,4,6H2,(H,13,15). The van der Waals surface area contributed by atoms with Crippen molar-refractivity contribution in [2.24, 2.45) is 5.92 Å². The number of halogens is 1. The van der Waals surface area contributed by atoms with Crippen molar-refractivity contribution < 1.29 is 13.2 Å². The van der Waals surface area contributed by atoms with Gasteiger partial charge in [0.25, 0.3) is 10.0 Å². The molecule has 104 valence electrons. The lowest BCUT2D eigenvalue weighted by atomic mass is 9.93. The molecule has 3 heterocycles. The summed E-state index contributed by atoms with van der Waals surface area (Å²) in [7, 11) is -3.51. The molecule has 5 nitrogen and oxygen atoms in total. The van der Waals surface area contributed by atoms with E-state index >= 15 is 0 Å². The molecule has 2 atom stereocenters. The van der Waals surface area contributed by atoms with E-state index in [1.807, 2.05) is 0 Å². The zero-order valence-corrected chi connectivity index (χ0v) is 13.2. The fourth-order valence-corrected chi connectivity index (χ4v) is 6.91. The molecule has 0 saturated carbocycles. The van der Waals surface area contributed by atoms with E-state index in [2.05, 4.69) is 21.2 Å². The first-order chi connectivity index (χ1) is 9.01. The zero-order valence-electron chi connectivity index (χ0n) is 10.0. The summed E-state index contributed by atoms with van der Waals surface area (Å²) < 4.78 is 27.8. The molecule has 2 unspecified atom stereocenters. The molecule has 0 bridgehead atoms. The number of amides is 1. The van der Waals surface area contributed by atoms with Crippen LogP contribution in [-0.2, 0) is 14.8 Å². The monoisotopic (exact) mass is 364 g/mol. The smallest absolute Gasteiger partial charge is 0.254 e. The van der Waals surface area contributed by atoms with E-state index in [1.54, 1.807) is 11.4 Å². The number of nitrogens with zero attached hydrogens (tertiary/aromatic N) is 1. The first-order valence-electron chi connectivity index (χ1n) is 6.04. The summed E-state index contributed by atoms with van der Waals surface area (Å²) in [5, 5.41) is 4.52. The Hall–Kier alpha value is -0.440. The minimum Gasteiger partial charge on any atom is -0.354 e. The van der Waals surface area contributed by atoms with Crippen LogP contribution in [0.2, 0.25) is 0 Å². The van der Waals surface area contributed by atoms with Crippen LogP contribution >= 0.6 is 27.3 Å². The van der Waals surface area contributed by atoms with Gasteiger partial charge in [-0.3, -0.25) is 4.79 Å². The largest absolute Gasteiger partial charge is 0.354 e. The fraction of sp³-hybridized carbons (Fsp3) is 0.545. The third-order valence-corrected chi connectivity index (χ3v) is 8.25. The number of rotatable bonds is 2. The van der Waals surface area contributed by atoms with Crippen molar-refractivity contribution in [3.63, 3.8) is 0 Å². The molecular weight excluding hydrogens is 352 g/mol. The Bertz CT molecular complexity index is 613. The van der Waals surface area contributed by atoms with Gasteiger partial charge in [0, 0.05) is 17.6 Å². The highest BCUT2D eigenvalue weighted by atomic mass is 79.9. The van der Waals surface area contributed by atoms with Gasteiger partial charge in [-0.15, -0.1) is 11.3 Å². The van der Waals surface area contributed by atoms with Crippen molar-refractivity contribution in [1.29, 1.82) is 0 Å². The molecule has 8 heteroatoms. The summed E-state index contributed by atoms with van der Waals surface area (Å²) in [6.45, 7) is 0.911. The van der Waals surface area contributed by atoms with Gasteiger partial charge < -0.3 is 5.32 Å². The number of nitrogens with one attached hydrogen (secondary N) is 1. The van der Waals surface area contributed by atoms with E-state index in [4.69, 9.17) is 0 Å². The topological polar surface area (TPSA) is 66.5 Å². The number of piperidine rings is 1. The molecule has 2 aliphatic heterocycles. The number of thiophene rings is 1. The van der Waals surface area contributed by atoms with Crippen molar-refractivity contribution in [1.82, 2.24) is 9.62 Å². The average Bonchev–Trinajstić information content (AvgIpc) is 2.96. The van der Waals surface area contributed by atoms with Gasteiger partial charge in [0.1, 0.15) is 4.21 Å². The van der Waals surface area contributed by atoms with Gasteiger partial charge in [-0.25, -0.2) is 8.42 Å². The molecule has 1 aromatic rings. The summed E-state index contributed by atoms with van der Waals surface area (Å²) in [5.41, 5.74) is 0. The van der Waals surface area contributed by atoms with Crippen LogP contribution in [0.1, 0.15) is 12.8 Å². The van der Waals surface area contributed by atoms with Crippen molar-refractivity contribution in [3.8, 4) is 0 Å². The average molecular weight is 365 g/mol. The first kappa shape index (κ1) is 13.5. The van der Waals surface area contributed by atoms with Gasteiger partial charge in [-0.05, 0) is 40.2 Å². The quantitative estimate of drug-likeness (QED) is 0.862. The third-order valence-electron chi connectivity index (χ3n) is 3.68.